The van der Waals surface area contributed by atoms with Crippen molar-refractivity contribution >= 4 is 0 Å². The van der Waals surface area contributed by atoms with Crippen LogP contribution in [0.1, 0.15) is 25.6 Å². The predicted octanol–water partition coefficient (Wildman–Crippen LogP) is 3.08. The topological polar surface area (TPSA) is 69.9 Å². The molecule has 98 valence electrons. The van der Waals surface area contributed by atoms with Crippen molar-refractivity contribution < 1.29 is 8.94 Å². The molecule has 0 radical (unpaired) electrons. The summed E-state index contributed by atoms with van der Waals surface area (Å²) < 4.78 is 12.4. The monoisotopic (exact) mass is 258 g/mol. The Labute approximate surface area is 110 Å². The number of hydrogen-bond acceptors (Lipinski definition) is 5. The lowest BCUT2D eigenvalue weighted by molar-refractivity contribution is 0.426. The Bertz CT molecular complexity index is 679. The van der Waals surface area contributed by atoms with Crippen LogP contribution in [-0.2, 0) is 0 Å². The molecule has 0 saturated carbocycles. The molecule has 3 heterocycles. The minimum atomic E-state index is 0.293. The third-order valence-corrected chi connectivity index (χ3v) is 2.80. The molecule has 0 aliphatic rings. The summed E-state index contributed by atoms with van der Waals surface area (Å²) in [5.74, 6) is 1.40. The Hall–Kier alpha value is -2.37. The summed E-state index contributed by atoms with van der Waals surface area (Å²) in [6.07, 6.45) is 1.57. The third-order valence-electron chi connectivity index (χ3n) is 2.80. The fourth-order valence-corrected chi connectivity index (χ4v) is 1.95. The van der Waals surface area contributed by atoms with E-state index in [0.29, 0.717) is 29.2 Å². The largest absolute Gasteiger partial charge is 0.461 e. The Morgan fingerprint density at radius 3 is 2.79 bits per heavy atom. The molecule has 0 fully saturated rings. The second kappa shape index (κ2) is 4.38. The molecule has 0 atom stereocenters. The number of aromatic nitrogens is 4. The fraction of sp³-hybridized carbons (Fsp3) is 0.308. The molecule has 3 rings (SSSR count). The van der Waals surface area contributed by atoms with Crippen molar-refractivity contribution in [1.29, 1.82) is 0 Å². The zero-order chi connectivity index (χ0) is 13.4. The summed E-state index contributed by atoms with van der Waals surface area (Å²) >= 11 is 0. The number of nitrogens with zero attached hydrogens (tertiary/aromatic N) is 4. The molecule has 0 aliphatic heterocycles. The normalized spacial score (nSPS) is 11.4. The van der Waals surface area contributed by atoms with Crippen molar-refractivity contribution in [3.63, 3.8) is 0 Å². The van der Waals surface area contributed by atoms with Crippen LogP contribution in [0.4, 0.5) is 0 Å². The van der Waals surface area contributed by atoms with Crippen molar-refractivity contribution in [2.75, 3.05) is 0 Å². The minimum absolute atomic E-state index is 0.293. The van der Waals surface area contributed by atoms with Crippen molar-refractivity contribution in [2.45, 2.75) is 26.8 Å². The molecule has 0 N–H and O–H groups in total. The zero-order valence-electron chi connectivity index (χ0n) is 11.0. The molecule has 3 aromatic rings. The second-order valence-corrected chi connectivity index (χ2v) is 4.61. The van der Waals surface area contributed by atoms with Crippen LogP contribution in [0.3, 0.4) is 0 Å². The first-order valence-corrected chi connectivity index (χ1v) is 6.09. The minimum Gasteiger partial charge on any atom is -0.461 e. The van der Waals surface area contributed by atoms with Gasteiger partial charge in [0.1, 0.15) is 0 Å². The lowest BCUT2D eigenvalue weighted by Crippen LogP contribution is -2.04. The molecule has 6 nitrogen and oxygen atoms in total. The van der Waals surface area contributed by atoms with E-state index in [9.17, 15) is 0 Å². The van der Waals surface area contributed by atoms with Gasteiger partial charge in [0.15, 0.2) is 11.5 Å². The van der Waals surface area contributed by atoms with Crippen molar-refractivity contribution in [1.82, 2.24) is 19.9 Å². The van der Waals surface area contributed by atoms with Crippen LogP contribution in [0.25, 0.3) is 23.2 Å². The molecule has 0 saturated heterocycles. The van der Waals surface area contributed by atoms with Gasteiger partial charge in [0.2, 0.25) is 5.82 Å². The van der Waals surface area contributed by atoms with Gasteiger partial charge in [-0.2, -0.15) is 10.1 Å². The maximum Gasteiger partial charge on any atom is 0.278 e. The van der Waals surface area contributed by atoms with Gasteiger partial charge in [-0.1, -0.05) is 5.16 Å². The molecule has 3 aromatic heterocycles. The van der Waals surface area contributed by atoms with Gasteiger partial charge in [0, 0.05) is 11.7 Å². The highest BCUT2D eigenvalue weighted by Crippen LogP contribution is 2.23. The third kappa shape index (κ3) is 2.05. The molecule has 0 amide bonds. The first-order chi connectivity index (χ1) is 9.15. The molecule has 0 bridgehead atoms. The molecular weight excluding hydrogens is 244 g/mol. The maximum atomic E-state index is 5.23. The molecular formula is C13H14N4O2. The highest BCUT2D eigenvalue weighted by molar-refractivity contribution is 5.53. The van der Waals surface area contributed by atoms with Crippen molar-refractivity contribution in [3.8, 4) is 23.2 Å². The molecule has 6 heteroatoms. The number of hydrogen-bond donors (Lipinski definition) is 0. The quantitative estimate of drug-likeness (QED) is 0.722. The van der Waals surface area contributed by atoms with Gasteiger partial charge in [0.25, 0.3) is 5.89 Å². The smallest absolute Gasteiger partial charge is 0.278 e. The average molecular weight is 258 g/mol. The SMILES string of the molecule is Cc1cc(-c2nc(-c3ccco3)no2)nn1C(C)C. The van der Waals surface area contributed by atoms with E-state index in [1.54, 1.807) is 18.4 Å². The lowest BCUT2D eigenvalue weighted by Gasteiger charge is -2.06. The Balaban J connectivity index is 1.97. The van der Waals surface area contributed by atoms with E-state index in [1.165, 1.54) is 0 Å². The van der Waals surface area contributed by atoms with Crippen LogP contribution in [-0.4, -0.2) is 19.9 Å². The Morgan fingerprint density at radius 1 is 1.32 bits per heavy atom. The van der Waals surface area contributed by atoms with E-state index in [-0.39, 0.29) is 0 Å². The molecule has 0 aromatic carbocycles. The molecule has 0 aliphatic carbocycles. The van der Waals surface area contributed by atoms with Gasteiger partial charge in [-0.3, -0.25) is 4.68 Å². The predicted molar refractivity (Wildman–Crippen MR) is 68.3 cm³/mol. The van der Waals surface area contributed by atoms with Crippen LogP contribution in [0.15, 0.2) is 33.4 Å². The maximum absolute atomic E-state index is 5.23. The number of furan rings is 1. The van der Waals surface area contributed by atoms with Crippen LogP contribution in [0.2, 0.25) is 0 Å². The van der Waals surface area contributed by atoms with Gasteiger partial charge >= 0.3 is 0 Å². The summed E-state index contributed by atoms with van der Waals surface area (Å²) in [5, 5.41) is 8.35. The van der Waals surface area contributed by atoms with Crippen LogP contribution >= 0.6 is 0 Å². The van der Waals surface area contributed by atoms with E-state index >= 15 is 0 Å². The molecule has 0 unspecified atom stereocenters. The van der Waals surface area contributed by atoms with E-state index in [1.807, 2.05) is 17.7 Å². The van der Waals surface area contributed by atoms with E-state index in [0.717, 1.165) is 5.69 Å². The van der Waals surface area contributed by atoms with Crippen LogP contribution < -0.4 is 0 Å². The van der Waals surface area contributed by atoms with Gasteiger partial charge in [-0.15, -0.1) is 0 Å². The standard InChI is InChI=1S/C13H14N4O2/c1-8(2)17-9(3)7-10(15-17)13-14-12(16-19-13)11-5-4-6-18-11/h4-8H,1-3H3. The van der Waals surface area contributed by atoms with Gasteiger partial charge in [-0.05, 0) is 39.0 Å². The first-order valence-electron chi connectivity index (χ1n) is 6.09. The average Bonchev–Trinajstić information content (AvgIpc) is 3.08. The Kier molecular flexibility index (Phi) is 2.70. The van der Waals surface area contributed by atoms with Crippen molar-refractivity contribution in [3.05, 3.63) is 30.2 Å². The molecule has 0 spiro atoms. The summed E-state index contributed by atoms with van der Waals surface area (Å²) in [5.41, 5.74) is 1.74. The van der Waals surface area contributed by atoms with Gasteiger partial charge in [-0.25, -0.2) is 0 Å². The summed E-state index contributed by atoms with van der Waals surface area (Å²) in [6, 6.07) is 5.79. The van der Waals surface area contributed by atoms with E-state index in [4.69, 9.17) is 8.94 Å². The fourth-order valence-electron chi connectivity index (χ4n) is 1.95. The van der Waals surface area contributed by atoms with Crippen LogP contribution in [0, 0.1) is 6.92 Å². The number of aryl methyl sites for hydroxylation is 1. The molecule has 19 heavy (non-hydrogen) atoms. The second-order valence-electron chi connectivity index (χ2n) is 4.61. The number of rotatable bonds is 3. The van der Waals surface area contributed by atoms with E-state index < -0.39 is 0 Å². The lowest BCUT2D eigenvalue weighted by atomic mass is 10.3. The zero-order valence-corrected chi connectivity index (χ0v) is 11.0. The van der Waals surface area contributed by atoms with E-state index in [2.05, 4.69) is 29.1 Å². The van der Waals surface area contributed by atoms with Crippen LogP contribution in [0.5, 0.6) is 0 Å². The summed E-state index contributed by atoms with van der Waals surface area (Å²) in [7, 11) is 0. The van der Waals surface area contributed by atoms with Gasteiger partial charge in [0.05, 0.1) is 6.26 Å². The first kappa shape index (κ1) is 11.7. The summed E-state index contributed by atoms with van der Waals surface area (Å²) in [4.78, 5) is 4.29. The Morgan fingerprint density at radius 2 is 2.16 bits per heavy atom. The van der Waals surface area contributed by atoms with Crippen molar-refractivity contribution in [2.24, 2.45) is 0 Å². The van der Waals surface area contributed by atoms with Gasteiger partial charge < -0.3 is 8.94 Å². The highest BCUT2D eigenvalue weighted by Gasteiger charge is 2.16. The summed E-state index contributed by atoms with van der Waals surface area (Å²) in [6.45, 7) is 6.15. The highest BCUT2D eigenvalue weighted by atomic mass is 16.5.